The Balaban J connectivity index is 0.000000273. The van der Waals surface area contributed by atoms with Gasteiger partial charge in [0.25, 0.3) is 0 Å². The Morgan fingerprint density at radius 2 is 0.768 bits per heavy atom. The second-order valence-electron chi connectivity index (χ2n) is 22.8. The quantitative estimate of drug-likeness (QED) is 0.109. The van der Waals surface area contributed by atoms with Crippen LogP contribution in [-0.4, -0.2) is 140 Å². The number of ether oxygens (including phenoxy) is 1. The van der Waals surface area contributed by atoms with E-state index in [0.717, 1.165) is 51.4 Å². The molecule has 0 radical (unpaired) electrons. The highest BCUT2D eigenvalue weighted by Crippen LogP contribution is 2.61. The van der Waals surface area contributed by atoms with Gasteiger partial charge in [0.1, 0.15) is 56.2 Å². The molecule has 0 saturated heterocycles. The monoisotopic (exact) mass is 1180 g/mol. The largest absolute Gasteiger partial charge is 0.481 e. The Labute approximate surface area is 471 Å². The molecule has 3 heterocycles. The highest BCUT2D eigenvalue weighted by molar-refractivity contribution is 5.93. The topological polar surface area (TPSA) is 263 Å². The number of aliphatic carboxylic acids is 1. The lowest BCUT2D eigenvalue weighted by molar-refractivity contribution is -0.247. The molecule has 82 heavy (non-hydrogen) atoms. The Kier molecular flexibility index (Phi) is 22.7. The minimum Gasteiger partial charge on any atom is -0.481 e. The normalized spacial score (nSPS) is 30.9. The molecule has 3 aromatic rings. The number of halogens is 8. The number of imidazole rings is 3. The zero-order valence-corrected chi connectivity index (χ0v) is 41.6. The van der Waals surface area contributed by atoms with Crippen LogP contribution in [-0.2, 0) is 28.7 Å². The molecule has 0 amide bonds. The van der Waals surface area contributed by atoms with Gasteiger partial charge in [-0.05, 0) is 114 Å². The maximum Gasteiger partial charge on any atom is 0.345 e. The summed E-state index contributed by atoms with van der Waals surface area (Å²) in [6.07, 6.45) is 25.1. The molecule has 3 aromatic heterocycles. The predicted octanol–water partition coefficient (Wildman–Crippen LogP) is 9.59. The lowest BCUT2D eigenvalue weighted by atomic mass is 9.49. The van der Waals surface area contributed by atoms with Crippen LogP contribution in [0, 0.1) is 69.5 Å². The van der Waals surface area contributed by atoms with E-state index in [1.165, 1.54) is 21.8 Å². The van der Waals surface area contributed by atoms with E-state index >= 15 is 0 Å². The number of Topliss-reactive ketones (excluding diaryl/α,β-unsaturated/α-hetero) is 3. The fourth-order valence-corrected chi connectivity index (χ4v) is 14.3. The minimum absolute atomic E-state index is 0. The molecule has 12 aliphatic carbocycles. The molecule has 462 valence electrons. The molecule has 0 aromatic carbocycles. The number of aliphatic hydroxyl groups excluding tert-OH is 3. The molecular formula is C56H80F8N6O12. The Hall–Kier alpha value is -5.76. The second-order valence-corrected chi connectivity index (χ2v) is 22.8. The first-order chi connectivity index (χ1) is 36.1. The van der Waals surface area contributed by atoms with E-state index in [1.54, 1.807) is 48.1 Å². The van der Waals surface area contributed by atoms with Crippen LogP contribution in [0.15, 0.2) is 56.2 Å². The first-order valence-corrected chi connectivity index (χ1v) is 25.5. The van der Waals surface area contributed by atoms with Crippen LogP contribution in [0.2, 0.25) is 0 Å². The number of alkyl halides is 8. The van der Waals surface area contributed by atoms with Gasteiger partial charge < -0.3 is 25.2 Å². The third-order valence-electron chi connectivity index (χ3n) is 17.6. The van der Waals surface area contributed by atoms with Crippen LogP contribution in [0.25, 0.3) is 0 Å². The van der Waals surface area contributed by atoms with Gasteiger partial charge in [0.15, 0.2) is 6.61 Å². The van der Waals surface area contributed by atoms with E-state index in [2.05, 4.69) is 19.7 Å². The van der Waals surface area contributed by atoms with Crippen molar-refractivity contribution >= 4 is 41.2 Å². The Morgan fingerprint density at radius 1 is 0.476 bits per heavy atom. The van der Waals surface area contributed by atoms with E-state index < -0.39 is 72.9 Å². The zero-order chi connectivity index (χ0) is 56.1. The number of carboxylic acids is 1. The van der Waals surface area contributed by atoms with E-state index in [0.29, 0.717) is 55.5 Å². The van der Waals surface area contributed by atoms with Gasteiger partial charge in [-0.2, -0.15) is 35.1 Å². The molecule has 4 N–H and O–H groups in total. The summed E-state index contributed by atoms with van der Waals surface area (Å²) in [6, 6.07) is -0.190. The van der Waals surface area contributed by atoms with Crippen molar-refractivity contribution in [2.45, 2.75) is 157 Å². The van der Waals surface area contributed by atoms with E-state index in [1.807, 2.05) is 0 Å². The van der Waals surface area contributed by atoms with Crippen molar-refractivity contribution in [3.8, 4) is 0 Å². The molecule has 12 aliphatic rings. The molecule has 15 rings (SSSR count). The number of carbonyl (C=O) groups excluding carboxylic acids is 6. The lowest BCUT2D eigenvalue weighted by Crippen LogP contribution is -2.55. The van der Waals surface area contributed by atoms with E-state index in [4.69, 9.17) is 15.3 Å². The number of carboxylic acid groups (broad SMARTS) is 1. The summed E-state index contributed by atoms with van der Waals surface area (Å²) in [6.45, 7) is -7.74. The van der Waals surface area contributed by atoms with Gasteiger partial charge in [-0.1, -0.05) is 37.1 Å². The maximum absolute atomic E-state index is 13.4. The average molecular weight is 1180 g/mol. The van der Waals surface area contributed by atoms with Gasteiger partial charge in [-0.25, -0.2) is 19.7 Å². The molecule has 0 spiro atoms. The third-order valence-corrected chi connectivity index (χ3v) is 17.6. The summed E-state index contributed by atoms with van der Waals surface area (Å²) in [5, 5.41) is 33.0. The van der Waals surface area contributed by atoms with Gasteiger partial charge in [0.2, 0.25) is 5.91 Å². The number of rotatable bonds is 10. The molecule has 6 atom stereocenters. The molecule has 6 unspecified atom stereocenters. The van der Waals surface area contributed by atoms with Crippen molar-refractivity contribution in [3.05, 3.63) is 56.2 Å². The summed E-state index contributed by atoms with van der Waals surface area (Å²) in [7, 11) is 0. The maximum atomic E-state index is 13.4. The van der Waals surface area contributed by atoms with Crippen molar-refractivity contribution in [2.24, 2.45) is 69.5 Å². The molecule has 0 aliphatic heterocycles. The van der Waals surface area contributed by atoms with Crippen LogP contribution < -0.4 is 0 Å². The number of carbonyl (C=O) groups is 7. The van der Waals surface area contributed by atoms with Crippen LogP contribution >= 0.6 is 0 Å². The smallest absolute Gasteiger partial charge is 0.345 e. The van der Waals surface area contributed by atoms with Crippen molar-refractivity contribution in [1.82, 2.24) is 28.7 Å². The predicted molar refractivity (Wildman–Crippen MR) is 280 cm³/mol. The number of esters is 1. The summed E-state index contributed by atoms with van der Waals surface area (Å²) < 4.78 is 109. The first-order valence-electron chi connectivity index (χ1n) is 25.5. The van der Waals surface area contributed by atoms with E-state index in [-0.39, 0.29) is 115 Å². The van der Waals surface area contributed by atoms with Gasteiger partial charge in [-0.15, -0.1) is 0 Å². The summed E-state index contributed by atoms with van der Waals surface area (Å²) >= 11 is 0. The second kappa shape index (κ2) is 26.4. The number of nitrogens with zero attached hydrogens (tertiary/aromatic N) is 6. The van der Waals surface area contributed by atoms with Gasteiger partial charge in [-0.3, -0.25) is 42.5 Å². The van der Waals surface area contributed by atoms with Gasteiger partial charge >= 0.3 is 41.7 Å². The fraction of sp³-hybridized carbons (Fsp3) is 0.714. The standard InChI is InChI=1S/C15H18F4O4.C14H16N2O2.C11H14O3.C7H6N4O.C4H6F4O2.5CH4/c16-14(17,6-20)15(18,19)7-23-12(22)13-3-8-1-9(4-13)11(21)10(2-8)5-13;17-12-10-3-9-4-11(12)7-14(5-9,6-10)13(18)16-2-1-15-8-16;12-9-7-1-6-2-8(9)5-11(3-6,4-7)10(13)14;12-7(10-3-1-8-5-10)11-4-2-9-6-11;5-3(6,1-9)4(7,8)2-10;;;;;/h8-10,20H,1-7H2;1-2,8-11H,3-7H2;6-8H,1-5H2,(H,13,14);1-6H;9-10H,1-2H2;5*1H4. The zero-order valence-electron chi connectivity index (χ0n) is 41.6. The van der Waals surface area contributed by atoms with Gasteiger partial charge in [0.05, 0.1) is 16.2 Å². The van der Waals surface area contributed by atoms with Crippen molar-refractivity contribution in [1.29, 1.82) is 0 Å². The number of hydrogen-bond acceptors (Lipinski definition) is 14. The third kappa shape index (κ3) is 13.6. The average Bonchev–Trinajstić information content (AvgIpc) is 4.25. The first kappa shape index (κ1) is 70.5. The Morgan fingerprint density at radius 3 is 1.09 bits per heavy atom. The van der Waals surface area contributed by atoms with Crippen LogP contribution in [0.4, 0.5) is 39.9 Å². The number of aromatic nitrogens is 6. The molecule has 12 saturated carbocycles. The van der Waals surface area contributed by atoms with Crippen molar-refractivity contribution in [3.63, 3.8) is 0 Å². The van der Waals surface area contributed by atoms with Crippen molar-refractivity contribution in [2.75, 3.05) is 26.4 Å². The molecule has 12 bridgehead atoms. The number of ketones is 3. The number of aliphatic hydroxyl groups is 3. The molecule has 26 heteroatoms. The van der Waals surface area contributed by atoms with Crippen LogP contribution in [0.1, 0.15) is 138 Å². The molecular weight excluding hydrogens is 1100 g/mol. The Bertz CT molecular complexity index is 2570. The fourth-order valence-electron chi connectivity index (χ4n) is 14.3. The number of hydrogen-bond donors (Lipinski definition) is 4. The van der Waals surface area contributed by atoms with Crippen LogP contribution in [0.5, 0.6) is 0 Å². The summed E-state index contributed by atoms with van der Waals surface area (Å²) in [5.74, 6) is -17.6. The van der Waals surface area contributed by atoms with Gasteiger partial charge in [0, 0.05) is 72.7 Å². The summed E-state index contributed by atoms with van der Waals surface area (Å²) in [5.41, 5.74) is -1.79. The SMILES string of the molecule is C.C.C.C.C.O=C(n1ccnc1)n1ccnc1.O=C1C2CC3CC1CC(C(=O)O)(C3)C2.O=C1C2CC3CC1CC(C(=O)OCC(F)(F)C(F)(F)CO)(C3)C2.O=C1C2CC3CC1CC(C(=O)n1ccnc1)(C3)C2.OCC(F)(F)C(F)(F)CO. The lowest BCUT2D eigenvalue weighted by Gasteiger charge is -2.54. The summed E-state index contributed by atoms with van der Waals surface area (Å²) in [4.78, 5) is 95.0. The van der Waals surface area contributed by atoms with Crippen molar-refractivity contribution < 1.29 is 93.8 Å². The highest BCUT2D eigenvalue weighted by atomic mass is 19.3. The molecule has 18 nitrogen and oxygen atoms in total. The van der Waals surface area contributed by atoms with E-state index in [9.17, 15) is 73.8 Å². The molecule has 12 fully saturated rings. The highest BCUT2D eigenvalue weighted by Gasteiger charge is 2.63. The van der Waals surface area contributed by atoms with Crippen LogP contribution in [0.3, 0.4) is 0 Å². The minimum atomic E-state index is -4.65.